The van der Waals surface area contributed by atoms with Crippen molar-refractivity contribution in [1.29, 1.82) is 0 Å². The summed E-state index contributed by atoms with van der Waals surface area (Å²) in [5, 5.41) is 2.93. The maximum atomic E-state index is 13.8. The number of sulfonamides is 1. The van der Waals surface area contributed by atoms with Gasteiger partial charge in [0.15, 0.2) is 0 Å². The topological polar surface area (TPSA) is 90.0 Å². The summed E-state index contributed by atoms with van der Waals surface area (Å²) in [6.45, 7) is 5.49. The van der Waals surface area contributed by atoms with Crippen LogP contribution in [0.3, 0.4) is 0 Å². The number of carbonyl (C=O) groups is 2. The second-order valence-corrected chi connectivity index (χ2v) is 11.4. The predicted octanol–water partition coefficient (Wildman–Crippen LogP) is 2.68. The number of para-hydroxylation sites is 1. The number of nitrogens with zero attached hydrogens (tertiary/aromatic N) is 3. The molecule has 2 amide bonds. The molecule has 0 radical (unpaired) electrons. The van der Waals surface area contributed by atoms with E-state index in [0.29, 0.717) is 32.0 Å². The number of hydrogen-bond acceptors (Lipinski definition) is 5. The highest BCUT2D eigenvalue weighted by Gasteiger charge is 2.55. The molecule has 188 valence electrons. The standard InChI is InChI=1S/C26H34N4O4S/c1-3-21(2)18-27-24(31)19-28-20-30(22-10-6-4-7-11-22)26(25(28)32)14-16-29(17-15-26)35(33,34)23-12-8-5-9-13-23/h4-13,21H,3,14-20H2,1-2H3,(H,27,31). The summed E-state index contributed by atoms with van der Waals surface area (Å²) >= 11 is 0. The average Bonchev–Trinajstić information content (AvgIpc) is 3.14. The van der Waals surface area contributed by atoms with Gasteiger partial charge in [0.25, 0.3) is 0 Å². The smallest absolute Gasteiger partial charge is 0.250 e. The lowest BCUT2D eigenvalue weighted by atomic mass is 9.86. The number of nitrogens with one attached hydrogen (secondary N) is 1. The zero-order chi connectivity index (χ0) is 25.1. The highest BCUT2D eigenvalue weighted by Crippen LogP contribution is 2.40. The quantitative estimate of drug-likeness (QED) is 0.605. The first-order chi connectivity index (χ1) is 16.8. The van der Waals surface area contributed by atoms with Crippen molar-refractivity contribution in [3.63, 3.8) is 0 Å². The summed E-state index contributed by atoms with van der Waals surface area (Å²) in [7, 11) is -3.63. The van der Waals surface area contributed by atoms with Crippen molar-refractivity contribution in [1.82, 2.24) is 14.5 Å². The lowest BCUT2D eigenvalue weighted by molar-refractivity contribution is -0.137. The molecule has 35 heavy (non-hydrogen) atoms. The van der Waals surface area contributed by atoms with Crippen LogP contribution in [0, 0.1) is 5.92 Å². The second-order valence-electron chi connectivity index (χ2n) is 9.47. The minimum atomic E-state index is -3.63. The number of amides is 2. The first kappa shape index (κ1) is 25.2. The molecule has 2 aliphatic heterocycles. The van der Waals surface area contributed by atoms with Crippen molar-refractivity contribution < 1.29 is 18.0 Å². The van der Waals surface area contributed by atoms with Crippen LogP contribution in [0.15, 0.2) is 65.6 Å². The molecule has 0 aromatic heterocycles. The minimum Gasteiger partial charge on any atom is -0.354 e. The van der Waals surface area contributed by atoms with Gasteiger partial charge < -0.3 is 15.1 Å². The zero-order valence-corrected chi connectivity index (χ0v) is 21.2. The van der Waals surface area contributed by atoms with Gasteiger partial charge in [-0.3, -0.25) is 9.59 Å². The molecule has 2 heterocycles. The number of hydrogen-bond donors (Lipinski definition) is 1. The van der Waals surface area contributed by atoms with Gasteiger partial charge in [-0.2, -0.15) is 4.31 Å². The summed E-state index contributed by atoms with van der Waals surface area (Å²) in [5.74, 6) is 0.0842. The van der Waals surface area contributed by atoms with E-state index in [1.54, 1.807) is 35.2 Å². The zero-order valence-electron chi connectivity index (χ0n) is 20.4. The summed E-state index contributed by atoms with van der Waals surface area (Å²) in [6, 6.07) is 18.1. The van der Waals surface area contributed by atoms with Gasteiger partial charge >= 0.3 is 0 Å². The molecule has 1 spiro atoms. The molecule has 1 N–H and O–H groups in total. The number of carbonyl (C=O) groups excluding carboxylic acids is 2. The van der Waals surface area contributed by atoms with Crippen LogP contribution in [-0.2, 0) is 19.6 Å². The first-order valence-electron chi connectivity index (χ1n) is 12.2. The molecule has 0 bridgehead atoms. The fourth-order valence-corrected chi connectivity index (χ4v) is 6.28. The number of piperidine rings is 1. The van der Waals surface area contributed by atoms with E-state index in [4.69, 9.17) is 0 Å². The number of benzene rings is 2. The van der Waals surface area contributed by atoms with E-state index in [1.165, 1.54) is 4.31 Å². The van der Waals surface area contributed by atoms with Crippen LogP contribution in [0.2, 0.25) is 0 Å². The third-order valence-electron chi connectivity index (χ3n) is 7.19. The molecule has 0 saturated carbocycles. The Kier molecular flexibility index (Phi) is 7.47. The number of anilines is 1. The van der Waals surface area contributed by atoms with E-state index in [-0.39, 0.29) is 36.3 Å². The van der Waals surface area contributed by atoms with Gasteiger partial charge in [0, 0.05) is 25.3 Å². The first-order valence-corrected chi connectivity index (χ1v) is 13.7. The monoisotopic (exact) mass is 498 g/mol. The van der Waals surface area contributed by atoms with Crippen molar-refractivity contribution in [3.05, 3.63) is 60.7 Å². The van der Waals surface area contributed by atoms with E-state index < -0.39 is 15.6 Å². The minimum absolute atomic E-state index is 0.00756. The molecule has 2 aromatic carbocycles. The predicted molar refractivity (Wildman–Crippen MR) is 135 cm³/mol. The summed E-state index contributed by atoms with van der Waals surface area (Å²) < 4.78 is 27.8. The molecular formula is C26H34N4O4S. The molecule has 1 atom stereocenters. The van der Waals surface area contributed by atoms with E-state index in [9.17, 15) is 18.0 Å². The van der Waals surface area contributed by atoms with Crippen LogP contribution < -0.4 is 10.2 Å². The third kappa shape index (κ3) is 5.06. The van der Waals surface area contributed by atoms with E-state index in [2.05, 4.69) is 19.2 Å². The van der Waals surface area contributed by atoms with Crippen LogP contribution in [0.25, 0.3) is 0 Å². The molecular weight excluding hydrogens is 464 g/mol. The Morgan fingerprint density at radius 1 is 1.03 bits per heavy atom. The van der Waals surface area contributed by atoms with Crippen LogP contribution in [0.5, 0.6) is 0 Å². The maximum absolute atomic E-state index is 13.8. The highest BCUT2D eigenvalue weighted by molar-refractivity contribution is 7.89. The SMILES string of the molecule is CCC(C)CNC(=O)CN1CN(c2ccccc2)C2(CCN(S(=O)(=O)c3ccccc3)CC2)C1=O. The van der Waals surface area contributed by atoms with Crippen molar-refractivity contribution in [2.24, 2.45) is 5.92 Å². The second kappa shape index (κ2) is 10.4. The van der Waals surface area contributed by atoms with Gasteiger partial charge in [0.05, 0.1) is 11.6 Å². The van der Waals surface area contributed by atoms with Gasteiger partial charge in [0.2, 0.25) is 21.8 Å². The Morgan fingerprint density at radius 3 is 2.23 bits per heavy atom. The molecule has 2 aromatic rings. The number of rotatable bonds is 8. The Hall–Kier alpha value is -2.91. The Morgan fingerprint density at radius 2 is 1.63 bits per heavy atom. The lowest BCUT2D eigenvalue weighted by Crippen LogP contribution is -2.57. The normalized spacial score (nSPS) is 19.2. The van der Waals surface area contributed by atoms with Crippen LogP contribution >= 0.6 is 0 Å². The molecule has 1 unspecified atom stereocenters. The van der Waals surface area contributed by atoms with Crippen molar-refractivity contribution in [2.75, 3.05) is 37.7 Å². The molecule has 2 aliphatic rings. The molecule has 4 rings (SSSR count). The fourth-order valence-electron chi connectivity index (χ4n) is 4.82. The van der Waals surface area contributed by atoms with Gasteiger partial charge in [-0.05, 0) is 43.0 Å². The summed E-state index contributed by atoms with van der Waals surface area (Å²) in [4.78, 5) is 30.3. The van der Waals surface area contributed by atoms with E-state index >= 15 is 0 Å². The largest absolute Gasteiger partial charge is 0.354 e. The van der Waals surface area contributed by atoms with Crippen molar-refractivity contribution >= 4 is 27.5 Å². The van der Waals surface area contributed by atoms with Gasteiger partial charge in [-0.15, -0.1) is 0 Å². The third-order valence-corrected chi connectivity index (χ3v) is 9.10. The van der Waals surface area contributed by atoms with Crippen LogP contribution in [0.1, 0.15) is 33.1 Å². The molecule has 9 heteroatoms. The Bertz CT molecular complexity index is 1130. The van der Waals surface area contributed by atoms with E-state index in [0.717, 1.165) is 12.1 Å². The van der Waals surface area contributed by atoms with Crippen LogP contribution in [-0.4, -0.2) is 67.8 Å². The summed E-state index contributed by atoms with van der Waals surface area (Å²) in [5.41, 5.74) is 0.0175. The summed E-state index contributed by atoms with van der Waals surface area (Å²) in [6.07, 6.45) is 1.69. The molecule has 0 aliphatic carbocycles. The van der Waals surface area contributed by atoms with Crippen molar-refractivity contribution in [2.45, 2.75) is 43.5 Å². The Balaban J connectivity index is 1.54. The highest BCUT2D eigenvalue weighted by atomic mass is 32.2. The van der Waals surface area contributed by atoms with Crippen molar-refractivity contribution in [3.8, 4) is 0 Å². The fraction of sp³-hybridized carbons (Fsp3) is 0.462. The molecule has 2 fully saturated rings. The molecule has 8 nitrogen and oxygen atoms in total. The van der Waals surface area contributed by atoms with E-state index in [1.807, 2.05) is 35.2 Å². The molecule has 2 saturated heterocycles. The maximum Gasteiger partial charge on any atom is 0.250 e. The van der Waals surface area contributed by atoms with Gasteiger partial charge in [-0.25, -0.2) is 8.42 Å². The average molecular weight is 499 g/mol. The van der Waals surface area contributed by atoms with Gasteiger partial charge in [-0.1, -0.05) is 56.7 Å². The Labute approximate surface area is 207 Å². The van der Waals surface area contributed by atoms with Gasteiger partial charge in [0.1, 0.15) is 12.1 Å². The lowest BCUT2D eigenvalue weighted by Gasteiger charge is -2.42. The van der Waals surface area contributed by atoms with Crippen LogP contribution in [0.4, 0.5) is 5.69 Å².